The molecule has 4 fully saturated rings. The number of hydrogen-bond donors (Lipinski definition) is 2. The SMILES string of the molecule is COC(=O)[C@@]12C[C@H]3C[C@H]([C@H](C)O)[C@@H]1N(CC[C@]21Nc2ccc(OC)cc2C1=O)C3. The van der Waals surface area contributed by atoms with Crippen LogP contribution < -0.4 is 10.1 Å². The van der Waals surface area contributed by atoms with E-state index in [4.69, 9.17) is 9.47 Å². The Balaban J connectivity index is 1.69. The molecule has 1 aliphatic carbocycles. The average molecular weight is 400 g/mol. The molecule has 3 saturated heterocycles. The van der Waals surface area contributed by atoms with Gasteiger partial charge in [0.25, 0.3) is 0 Å². The van der Waals surface area contributed by atoms with Crippen molar-refractivity contribution >= 4 is 17.4 Å². The Morgan fingerprint density at radius 1 is 1.38 bits per heavy atom. The second-order valence-electron chi connectivity index (χ2n) is 9.13. The van der Waals surface area contributed by atoms with Crippen molar-refractivity contribution in [3.05, 3.63) is 23.8 Å². The topological polar surface area (TPSA) is 88.1 Å². The molecule has 4 aliphatic heterocycles. The fraction of sp³-hybridized carbons (Fsp3) is 0.636. The van der Waals surface area contributed by atoms with Crippen LogP contribution in [0.2, 0.25) is 0 Å². The third-order valence-electron chi connectivity index (χ3n) is 7.92. The summed E-state index contributed by atoms with van der Waals surface area (Å²) >= 11 is 0. The number of esters is 1. The molecule has 29 heavy (non-hydrogen) atoms. The van der Waals surface area contributed by atoms with Crippen LogP contribution in [0.3, 0.4) is 0 Å². The van der Waals surface area contributed by atoms with Gasteiger partial charge in [-0.15, -0.1) is 0 Å². The first kappa shape index (κ1) is 18.9. The number of anilines is 1. The highest BCUT2D eigenvalue weighted by Crippen LogP contribution is 2.62. The van der Waals surface area contributed by atoms with E-state index in [9.17, 15) is 14.7 Å². The van der Waals surface area contributed by atoms with Crippen LogP contribution in [0.1, 0.15) is 36.5 Å². The summed E-state index contributed by atoms with van der Waals surface area (Å²) in [5.74, 6) is 0.402. The molecule has 6 rings (SSSR count). The molecular formula is C22H28N2O5. The van der Waals surface area contributed by atoms with Gasteiger partial charge in [0, 0.05) is 36.3 Å². The van der Waals surface area contributed by atoms with Gasteiger partial charge < -0.3 is 19.9 Å². The fourth-order valence-corrected chi connectivity index (χ4v) is 6.87. The molecule has 1 saturated carbocycles. The summed E-state index contributed by atoms with van der Waals surface area (Å²) in [6.07, 6.45) is 1.47. The molecule has 0 amide bonds. The van der Waals surface area contributed by atoms with E-state index in [0.717, 1.165) is 18.7 Å². The maximum atomic E-state index is 13.9. The molecule has 1 aromatic carbocycles. The van der Waals surface area contributed by atoms with E-state index in [1.165, 1.54) is 7.11 Å². The number of fused-ring (bicyclic) bond motifs is 2. The van der Waals surface area contributed by atoms with E-state index < -0.39 is 17.1 Å². The lowest BCUT2D eigenvalue weighted by Gasteiger charge is -2.67. The second kappa shape index (κ2) is 6.19. The summed E-state index contributed by atoms with van der Waals surface area (Å²) in [7, 11) is 2.98. The molecule has 4 heterocycles. The van der Waals surface area contributed by atoms with E-state index in [1.54, 1.807) is 20.1 Å². The Kier molecular flexibility index (Phi) is 4.03. The Hall–Kier alpha value is -2.12. The molecule has 5 aliphatic rings. The van der Waals surface area contributed by atoms with E-state index in [-0.39, 0.29) is 29.6 Å². The minimum absolute atomic E-state index is 0.0617. The van der Waals surface area contributed by atoms with Crippen LogP contribution in [0.5, 0.6) is 5.75 Å². The van der Waals surface area contributed by atoms with E-state index >= 15 is 0 Å². The lowest BCUT2D eigenvalue weighted by Crippen LogP contribution is -2.80. The van der Waals surface area contributed by atoms with Gasteiger partial charge in [-0.3, -0.25) is 14.5 Å². The van der Waals surface area contributed by atoms with Crippen molar-refractivity contribution in [2.24, 2.45) is 17.3 Å². The first-order valence-corrected chi connectivity index (χ1v) is 10.4. The molecule has 1 unspecified atom stereocenters. The fourth-order valence-electron chi connectivity index (χ4n) is 6.87. The first-order chi connectivity index (χ1) is 13.9. The van der Waals surface area contributed by atoms with Crippen LogP contribution in [-0.2, 0) is 9.53 Å². The number of methoxy groups -OCH3 is 2. The van der Waals surface area contributed by atoms with Gasteiger partial charge in [0.05, 0.1) is 20.3 Å². The van der Waals surface area contributed by atoms with Gasteiger partial charge in [0.2, 0.25) is 0 Å². The van der Waals surface area contributed by atoms with Crippen LogP contribution in [0.4, 0.5) is 5.69 Å². The maximum absolute atomic E-state index is 13.9. The number of hydrogen-bond acceptors (Lipinski definition) is 7. The molecule has 7 nitrogen and oxygen atoms in total. The molecule has 2 N–H and O–H groups in total. The largest absolute Gasteiger partial charge is 0.497 e. The number of rotatable bonds is 3. The van der Waals surface area contributed by atoms with Crippen LogP contribution in [0.25, 0.3) is 0 Å². The normalized spacial score (nSPS) is 40.3. The number of carbonyl (C=O) groups excluding carboxylic acids is 2. The van der Waals surface area contributed by atoms with Crippen molar-refractivity contribution in [2.45, 2.75) is 43.9 Å². The van der Waals surface area contributed by atoms with Gasteiger partial charge in [-0.05, 0) is 50.3 Å². The van der Waals surface area contributed by atoms with Gasteiger partial charge >= 0.3 is 5.97 Å². The smallest absolute Gasteiger partial charge is 0.316 e. The number of carbonyl (C=O) groups is 2. The highest BCUT2D eigenvalue weighted by molar-refractivity contribution is 6.16. The van der Waals surface area contributed by atoms with Gasteiger partial charge in [-0.2, -0.15) is 0 Å². The molecule has 7 heteroatoms. The van der Waals surface area contributed by atoms with Crippen LogP contribution in [-0.4, -0.2) is 66.8 Å². The Bertz CT molecular complexity index is 886. The molecular weight excluding hydrogens is 372 g/mol. The van der Waals surface area contributed by atoms with E-state index in [2.05, 4.69) is 10.2 Å². The second-order valence-corrected chi connectivity index (χ2v) is 9.13. The van der Waals surface area contributed by atoms with Crippen molar-refractivity contribution in [3.8, 4) is 5.75 Å². The molecule has 0 radical (unpaired) electrons. The molecule has 156 valence electrons. The summed E-state index contributed by atoms with van der Waals surface area (Å²) in [6.45, 7) is 3.42. The number of nitrogens with one attached hydrogen (secondary N) is 1. The zero-order chi connectivity index (χ0) is 20.6. The van der Waals surface area contributed by atoms with E-state index in [1.807, 2.05) is 12.1 Å². The van der Waals surface area contributed by atoms with Crippen molar-refractivity contribution in [3.63, 3.8) is 0 Å². The number of benzene rings is 1. The maximum Gasteiger partial charge on any atom is 0.316 e. The third-order valence-corrected chi connectivity index (χ3v) is 7.92. The zero-order valence-corrected chi connectivity index (χ0v) is 17.1. The summed E-state index contributed by atoms with van der Waals surface area (Å²) in [5, 5.41) is 14.1. The lowest BCUT2D eigenvalue weighted by molar-refractivity contribution is -0.200. The predicted octanol–water partition coefficient (Wildman–Crippen LogP) is 1.70. The average Bonchev–Trinajstić information content (AvgIpc) is 3.02. The van der Waals surface area contributed by atoms with Crippen LogP contribution in [0, 0.1) is 17.3 Å². The number of piperidine rings is 3. The van der Waals surface area contributed by atoms with E-state index in [0.29, 0.717) is 30.7 Å². The summed E-state index contributed by atoms with van der Waals surface area (Å²) < 4.78 is 10.7. The van der Waals surface area contributed by atoms with Crippen molar-refractivity contribution < 1.29 is 24.2 Å². The van der Waals surface area contributed by atoms with Crippen LogP contribution in [0.15, 0.2) is 18.2 Å². The van der Waals surface area contributed by atoms with Gasteiger partial charge in [0.15, 0.2) is 5.78 Å². The van der Waals surface area contributed by atoms with Crippen molar-refractivity contribution in [1.82, 2.24) is 4.90 Å². The van der Waals surface area contributed by atoms with Crippen molar-refractivity contribution in [1.29, 1.82) is 0 Å². The molecule has 1 aromatic rings. The highest BCUT2D eigenvalue weighted by atomic mass is 16.5. The van der Waals surface area contributed by atoms with Crippen LogP contribution >= 0.6 is 0 Å². The predicted molar refractivity (Wildman–Crippen MR) is 106 cm³/mol. The highest BCUT2D eigenvalue weighted by Gasteiger charge is 2.75. The molecule has 4 bridgehead atoms. The third kappa shape index (κ3) is 2.20. The number of Topliss-reactive ketones (excluding diaryl/α,β-unsaturated/α-hetero) is 1. The lowest BCUT2D eigenvalue weighted by atomic mass is 9.47. The number of ether oxygens (including phenoxy) is 2. The monoisotopic (exact) mass is 400 g/mol. The number of aliphatic hydroxyl groups is 1. The molecule has 0 aromatic heterocycles. The van der Waals surface area contributed by atoms with Gasteiger partial charge in [-0.25, -0.2) is 0 Å². The quantitative estimate of drug-likeness (QED) is 0.747. The summed E-state index contributed by atoms with van der Waals surface area (Å²) in [4.78, 5) is 29.7. The number of ketones is 1. The number of nitrogens with zero attached hydrogens (tertiary/aromatic N) is 1. The number of aliphatic hydroxyl groups excluding tert-OH is 1. The Morgan fingerprint density at radius 2 is 2.17 bits per heavy atom. The summed E-state index contributed by atoms with van der Waals surface area (Å²) in [5.41, 5.74) is -0.771. The van der Waals surface area contributed by atoms with Gasteiger partial charge in [-0.1, -0.05) is 0 Å². The minimum atomic E-state index is -1.05. The van der Waals surface area contributed by atoms with Gasteiger partial charge in [0.1, 0.15) is 16.7 Å². The Morgan fingerprint density at radius 3 is 2.86 bits per heavy atom. The molecule has 1 spiro atoms. The standard InChI is InChI=1S/C22H28N2O5/c1-12(25)15-8-13-10-21(20(27)29-3)18(15)24(11-13)7-6-22(21)19(26)16-9-14(28-2)4-5-17(16)23-22/h4-5,9,12-13,15,18,23,25H,6-8,10-11H2,1-3H3/t12-,13+,15+,18-,21+,22+/m0/s1. The van der Waals surface area contributed by atoms with Crippen molar-refractivity contribution in [2.75, 3.05) is 32.6 Å². The minimum Gasteiger partial charge on any atom is -0.497 e. The first-order valence-electron chi connectivity index (χ1n) is 10.4. The Labute approximate surface area is 170 Å². The zero-order valence-electron chi connectivity index (χ0n) is 17.1. The molecule has 7 atom stereocenters. The summed E-state index contributed by atoms with van der Waals surface area (Å²) in [6, 6.07) is 5.21.